The smallest absolute Gasteiger partial charge is 0.328 e. The first kappa shape index (κ1) is 18.0. The molecule has 7 nitrogen and oxygen atoms in total. The molecule has 1 fully saturated rings. The molecule has 0 N–H and O–H groups in total. The number of imide groups is 1. The van der Waals surface area contributed by atoms with Gasteiger partial charge in [-0.15, -0.1) is 0 Å². The minimum absolute atomic E-state index is 0.0904. The summed E-state index contributed by atoms with van der Waals surface area (Å²) in [6, 6.07) is 6.48. The molecule has 2 aromatic rings. The first-order valence-corrected chi connectivity index (χ1v) is 8.65. The van der Waals surface area contributed by atoms with Gasteiger partial charge in [-0.05, 0) is 12.0 Å². The van der Waals surface area contributed by atoms with Crippen LogP contribution in [0.4, 0.5) is 4.79 Å². The van der Waals surface area contributed by atoms with E-state index in [0.29, 0.717) is 18.1 Å². The van der Waals surface area contributed by atoms with Gasteiger partial charge in [-0.3, -0.25) is 4.79 Å². The van der Waals surface area contributed by atoms with Crippen LogP contribution in [0.3, 0.4) is 0 Å². The summed E-state index contributed by atoms with van der Waals surface area (Å²) in [5.74, 6) is 1.28. The molecule has 7 heteroatoms. The van der Waals surface area contributed by atoms with Crippen LogP contribution in [0.1, 0.15) is 31.3 Å². The topological polar surface area (TPSA) is 67.7 Å². The normalized spacial score (nSPS) is 15.9. The molecule has 0 bridgehead atoms. The van der Waals surface area contributed by atoms with Crippen LogP contribution in [0.15, 0.2) is 36.7 Å². The first-order valence-electron chi connectivity index (χ1n) is 8.65. The number of amides is 3. The Bertz CT molecular complexity index is 815. The van der Waals surface area contributed by atoms with Gasteiger partial charge in [-0.1, -0.05) is 32.0 Å². The van der Waals surface area contributed by atoms with Crippen LogP contribution in [-0.2, 0) is 11.8 Å². The Balaban J connectivity index is 2.09. The number of ether oxygens (including phenoxy) is 1. The van der Waals surface area contributed by atoms with Crippen molar-refractivity contribution in [2.24, 2.45) is 13.0 Å². The number of aryl methyl sites for hydroxylation is 1. The quantitative estimate of drug-likeness (QED) is 0.746. The number of rotatable bonds is 6. The molecule has 3 rings (SSSR count). The van der Waals surface area contributed by atoms with Gasteiger partial charge in [-0.2, -0.15) is 0 Å². The number of nitrogens with zero attached hydrogens (tertiary/aromatic N) is 4. The van der Waals surface area contributed by atoms with Crippen molar-refractivity contribution >= 4 is 11.9 Å². The largest absolute Gasteiger partial charge is 0.496 e. The van der Waals surface area contributed by atoms with E-state index in [1.54, 1.807) is 24.4 Å². The zero-order valence-electron chi connectivity index (χ0n) is 15.5. The van der Waals surface area contributed by atoms with Gasteiger partial charge in [-0.25, -0.2) is 14.7 Å². The number of benzene rings is 1. The number of hydrogen-bond acceptors (Lipinski definition) is 4. The average Bonchev–Trinajstić information content (AvgIpc) is 3.14. The summed E-state index contributed by atoms with van der Waals surface area (Å²) in [5.41, 5.74) is 0.734. The molecule has 1 saturated heterocycles. The molecule has 1 aromatic heterocycles. The van der Waals surface area contributed by atoms with Crippen molar-refractivity contribution in [1.82, 2.24) is 19.4 Å². The maximum absolute atomic E-state index is 13.0. The zero-order valence-corrected chi connectivity index (χ0v) is 15.5. The third-order valence-electron chi connectivity index (χ3n) is 4.45. The van der Waals surface area contributed by atoms with Gasteiger partial charge in [0.1, 0.15) is 24.2 Å². The molecular formula is C19H24N4O3. The van der Waals surface area contributed by atoms with Gasteiger partial charge in [0.25, 0.3) is 5.91 Å². The number of aromatic nitrogens is 2. The lowest BCUT2D eigenvalue weighted by atomic mass is 10.0. The van der Waals surface area contributed by atoms with E-state index in [4.69, 9.17) is 4.74 Å². The van der Waals surface area contributed by atoms with Gasteiger partial charge in [0, 0.05) is 31.5 Å². The van der Waals surface area contributed by atoms with Gasteiger partial charge in [0.05, 0.1) is 7.11 Å². The average molecular weight is 356 g/mol. The van der Waals surface area contributed by atoms with E-state index in [9.17, 15) is 9.59 Å². The number of urea groups is 1. The van der Waals surface area contributed by atoms with Gasteiger partial charge in [0.15, 0.2) is 0 Å². The monoisotopic (exact) mass is 356 g/mol. The van der Waals surface area contributed by atoms with E-state index in [0.717, 1.165) is 5.56 Å². The molecule has 1 aromatic carbocycles. The summed E-state index contributed by atoms with van der Waals surface area (Å²) < 4.78 is 7.31. The Labute approximate surface area is 153 Å². The third kappa shape index (κ3) is 3.16. The molecular weight excluding hydrogens is 332 g/mol. The highest BCUT2D eigenvalue weighted by molar-refractivity contribution is 6.02. The van der Waals surface area contributed by atoms with Crippen LogP contribution in [0.25, 0.3) is 0 Å². The molecule has 1 aliphatic heterocycles. The summed E-state index contributed by atoms with van der Waals surface area (Å²) in [7, 11) is 3.43. The van der Waals surface area contributed by atoms with Crippen molar-refractivity contribution in [3.63, 3.8) is 0 Å². The molecule has 0 spiro atoms. The molecule has 3 amide bonds. The molecule has 2 heterocycles. The summed E-state index contributed by atoms with van der Waals surface area (Å²) in [4.78, 5) is 33.1. The highest BCUT2D eigenvalue weighted by Crippen LogP contribution is 2.36. The van der Waals surface area contributed by atoms with Gasteiger partial charge in [0.2, 0.25) is 0 Å². The van der Waals surface area contributed by atoms with E-state index in [1.165, 1.54) is 4.90 Å². The van der Waals surface area contributed by atoms with E-state index < -0.39 is 6.04 Å². The fourth-order valence-electron chi connectivity index (χ4n) is 3.33. The molecule has 0 aliphatic carbocycles. The molecule has 26 heavy (non-hydrogen) atoms. The summed E-state index contributed by atoms with van der Waals surface area (Å²) in [5, 5.41) is 0. The summed E-state index contributed by atoms with van der Waals surface area (Å²) >= 11 is 0. The van der Waals surface area contributed by atoms with E-state index in [1.807, 2.05) is 49.7 Å². The van der Waals surface area contributed by atoms with Crippen LogP contribution in [-0.4, -0.2) is 51.5 Å². The number of imidazole rings is 1. The van der Waals surface area contributed by atoms with Crippen molar-refractivity contribution in [2.75, 3.05) is 20.2 Å². The molecule has 0 radical (unpaired) electrons. The van der Waals surface area contributed by atoms with Crippen LogP contribution in [0, 0.1) is 5.92 Å². The highest BCUT2D eigenvalue weighted by Gasteiger charge is 2.44. The Hall–Kier alpha value is -2.83. The van der Waals surface area contributed by atoms with Crippen LogP contribution >= 0.6 is 0 Å². The Kier molecular flexibility index (Phi) is 4.97. The van der Waals surface area contributed by atoms with Crippen LogP contribution in [0.2, 0.25) is 0 Å². The minimum Gasteiger partial charge on any atom is -0.496 e. The number of carbonyl (C=O) groups excluding carboxylic acids is 2. The highest BCUT2D eigenvalue weighted by atomic mass is 16.5. The maximum Gasteiger partial charge on any atom is 0.328 e. The Morgan fingerprint density at radius 2 is 1.96 bits per heavy atom. The number of methoxy groups -OCH3 is 1. The first-order chi connectivity index (χ1) is 12.4. The predicted molar refractivity (Wildman–Crippen MR) is 96.7 cm³/mol. The summed E-state index contributed by atoms with van der Waals surface area (Å²) in [6.45, 7) is 4.68. The van der Waals surface area contributed by atoms with E-state index >= 15 is 0 Å². The second-order valence-corrected chi connectivity index (χ2v) is 6.86. The fraction of sp³-hybridized carbons (Fsp3) is 0.421. The predicted octanol–water partition coefficient (Wildman–Crippen LogP) is 2.44. The third-order valence-corrected chi connectivity index (χ3v) is 4.45. The van der Waals surface area contributed by atoms with E-state index in [2.05, 4.69) is 4.98 Å². The maximum atomic E-state index is 13.0. The van der Waals surface area contributed by atoms with Crippen molar-refractivity contribution < 1.29 is 14.3 Å². The Morgan fingerprint density at radius 1 is 1.23 bits per heavy atom. The number of hydrogen-bond donors (Lipinski definition) is 0. The number of carbonyl (C=O) groups is 2. The van der Waals surface area contributed by atoms with Crippen LogP contribution in [0.5, 0.6) is 5.75 Å². The molecule has 138 valence electrons. The lowest BCUT2D eigenvalue weighted by molar-refractivity contribution is -0.126. The lowest BCUT2D eigenvalue weighted by Gasteiger charge is -2.28. The van der Waals surface area contributed by atoms with Crippen LogP contribution < -0.4 is 4.74 Å². The van der Waals surface area contributed by atoms with Gasteiger partial charge < -0.3 is 14.2 Å². The molecule has 1 atom stereocenters. The summed E-state index contributed by atoms with van der Waals surface area (Å²) in [6.07, 6.45) is 3.46. The van der Waals surface area contributed by atoms with Crippen molar-refractivity contribution in [1.29, 1.82) is 0 Å². The standard InChI is InChI=1S/C19H24N4O3/c1-13(2)11-22-12-16(24)23(19(22)25)17(18-20-9-10-21(18)3)14-7-5-6-8-15(14)26-4/h5-10,13,17H,11-12H2,1-4H3. The SMILES string of the molecule is COc1ccccc1C(c1nccn1C)N1C(=O)CN(CC(C)C)C1=O. The van der Waals surface area contributed by atoms with Crippen molar-refractivity contribution in [2.45, 2.75) is 19.9 Å². The minimum atomic E-state index is -0.636. The molecule has 1 aliphatic rings. The Morgan fingerprint density at radius 3 is 2.58 bits per heavy atom. The second kappa shape index (κ2) is 7.19. The molecule has 1 unspecified atom stereocenters. The van der Waals surface area contributed by atoms with E-state index in [-0.39, 0.29) is 24.4 Å². The molecule has 0 saturated carbocycles. The zero-order chi connectivity index (χ0) is 18.8. The lowest BCUT2D eigenvalue weighted by Crippen LogP contribution is -2.39. The van der Waals surface area contributed by atoms with Crippen molar-refractivity contribution in [3.05, 3.63) is 48.0 Å². The second-order valence-electron chi connectivity index (χ2n) is 6.86. The van der Waals surface area contributed by atoms with Crippen molar-refractivity contribution in [3.8, 4) is 5.75 Å². The number of para-hydroxylation sites is 1. The van der Waals surface area contributed by atoms with Gasteiger partial charge >= 0.3 is 6.03 Å². The fourth-order valence-corrected chi connectivity index (χ4v) is 3.33.